The summed E-state index contributed by atoms with van der Waals surface area (Å²) in [4.78, 5) is 0. The summed E-state index contributed by atoms with van der Waals surface area (Å²) in [6.45, 7) is 20.8. The summed E-state index contributed by atoms with van der Waals surface area (Å²) in [5, 5.41) is 14.9. The summed E-state index contributed by atoms with van der Waals surface area (Å²) in [6, 6.07) is 11.4. The van der Waals surface area contributed by atoms with Crippen LogP contribution in [0.4, 0.5) is 0 Å². The van der Waals surface area contributed by atoms with Crippen LogP contribution in [0.2, 0.25) is 0 Å². The number of rotatable bonds is 21. The van der Waals surface area contributed by atoms with Crippen molar-refractivity contribution >= 4 is 0 Å². The van der Waals surface area contributed by atoms with Gasteiger partial charge in [-0.3, -0.25) is 0 Å². The topological polar surface area (TPSA) is 48.1 Å². The van der Waals surface area contributed by atoms with Crippen molar-refractivity contribution in [2.24, 2.45) is 52.3 Å². The van der Waals surface area contributed by atoms with Gasteiger partial charge in [-0.2, -0.15) is 0 Å². The van der Waals surface area contributed by atoms with Crippen LogP contribution in [0.5, 0.6) is 0 Å². The van der Waals surface area contributed by atoms with Gasteiger partial charge in [0.15, 0.2) is 0 Å². The minimum atomic E-state index is 0.610. The largest absolute Gasteiger partial charge is 0.317 e. The van der Waals surface area contributed by atoms with E-state index in [9.17, 15) is 0 Å². The van der Waals surface area contributed by atoms with Crippen LogP contribution in [0.1, 0.15) is 143 Å². The molecule has 0 aliphatic heterocycles. The molecule has 0 heterocycles. The molecule has 4 fully saturated rings. The summed E-state index contributed by atoms with van der Waals surface area (Å²) in [7, 11) is 0. The molecular weight excluding hydrogens is 585 g/mol. The van der Waals surface area contributed by atoms with E-state index in [0.29, 0.717) is 10.8 Å². The Morgan fingerprint density at radius 3 is 2.06 bits per heavy atom. The fourth-order valence-electron chi connectivity index (χ4n) is 11.9. The van der Waals surface area contributed by atoms with Gasteiger partial charge in [0.2, 0.25) is 0 Å². The van der Waals surface area contributed by atoms with Gasteiger partial charge >= 0.3 is 0 Å². The normalized spacial score (nSPS) is 33.7. The third-order valence-corrected chi connectivity index (χ3v) is 14.7. The molecular formula is C44H78N4. The third kappa shape index (κ3) is 10.1. The van der Waals surface area contributed by atoms with Crippen LogP contribution < -0.4 is 21.3 Å². The van der Waals surface area contributed by atoms with Crippen molar-refractivity contribution < 1.29 is 0 Å². The van der Waals surface area contributed by atoms with Gasteiger partial charge in [-0.25, -0.2) is 0 Å². The first kappa shape index (κ1) is 38.3. The van der Waals surface area contributed by atoms with Gasteiger partial charge in [0, 0.05) is 12.6 Å². The molecule has 48 heavy (non-hydrogen) atoms. The molecule has 0 aromatic heterocycles. The van der Waals surface area contributed by atoms with Crippen LogP contribution in [0.25, 0.3) is 0 Å². The molecule has 1 aromatic rings. The molecule has 0 spiro atoms. The number of benzene rings is 1. The maximum Gasteiger partial charge on any atom is 0.0205 e. The number of nitrogens with one attached hydrogen (secondary N) is 4. The van der Waals surface area contributed by atoms with E-state index >= 15 is 0 Å². The van der Waals surface area contributed by atoms with E-state index in [4.69, 9.17) is 0 Å². The van der Waals surface area contributed by atoms with Gasteiger partial charge in [0.05, 0.1) is 0 Å². The van der Waals surface area contributed by atoms with Gasteiger partial charge in [-0.05, 0) is 181 Å². The van der Waals surface area contributed by atoms with Crippen LogP contribution in [-0.2, 0) is 6.54 Å². The second-order valence-corrected chi connectivity index (χ2v) is 18.2. The molecule has 1 aromatic carbocycles. The fourth-order valence-corrected chi connectivity index (χ4v) is 11.9. The summed E-state index contributed by atoms with van der Waals surface area (Å²) in [5.74, 6) is 6.78. The summed E-state index contributed by atoms with van der Waals surface area (Å²) < 4.78 is 0. The van der Waals surface area contributed by atoms with E-state index in [1.165, 1.54) is 108 Å². The Kier molecular flexibility index (Phi) is 15.2. The highest BCUT2D eigenvalue weighted by Gasteiger charge is 2.60. The Morgan fingerprint density at radius 2 is 1.31 bits per heavy atom. The Morgan fingerprint density at radius 1 is 0.646 bits per heavy atom. The molecule has 9 atom stereocenters. The van der Waals surface area contributed by atoms with Gasteiger partial charge in [-0.15, -0.1) is 0 Å². The Hall–Kier alpha value is -0.940. The SMILES string of the molecule is CC(C)CCC[C@@H](C)[C@H]1CCC2C3CC[C@H]4C[C@@H](NCCCNCCCCNCCCNCc5ccccc5)CC[C@]4(C)C3CC[C@@]21C. The molecule has 4 N–H and O–H groups in total. The van der Waals surface area contributed by atoms with Crippen LogP contribution in [0.15, 0.2) is 30.3 Å². The van der Waals surface area contributed by atoms with Crippen molar-refractivity contribution in [3.8, 4) is 0 Å². The van der Waals surface area contributed by atoms with E-state index in [2.05, 4.69) is 86.2 Å². The van der Waals surface area contributed by atoms with E-state index in [0.717, 1.165) is 86.7 Å². The Bertz CT molecular complexity index is 1030. The molecule has 4 nitrogen and oxygen atoms in total. The molecule has 4 heteroatoms. The van der Waals surface area contributed by atoms with Crippen LogP contribution in [-0.4, -0.2) is 45.3 Å². The number of hydrogen-bond acceptors (Lipinski definition) is 4. The van der Waals surface area contributed by atoms with E-state index in [-0.39, 0.29) is 0 Å². The van der Waals surface area contributed by atoms with Gasteiger partial charge < -0.3 is 21.3 Å². The average Bonchev–Trinajstić information content (AvgIpc) is 3.44. The maximum absolute atomic E-state index is 4.02. The summed E-state index contributed by atoms with van der Waals surface area (Å²) >= 11 is 0. The summed E-state index contributed by atoms with van der Waals surface area (Å²) in [6.07, 6.45) is 22.8. The molecule has 4 aliphatic carbocycles. The van der Waals surface area contributed by atoms with E-state index < -0.39 is 0 Å². The highest BCUT2D eigenvalue weighted by Crippen LogP contribution is 2.68. The minimum Gasteiger partial charge on any atom is -0.317 e. The summed E-state index contributed by atoms with van der Waals surface area (Å²) in [5.41, 5.74) is 2.61. The van der Waals surface area contributed by atoms with Gasteiger partial charge in [0.25, 0.3) is 0 Å². The second-order valence-electron chi connectivity index (χ2n) is 18.2. The lowest BCUT2D eigenvalue weighted by Crippen LogP contribution is -2.55. The van der Waals surface area contributed by atoms with Crippen molar-refractivity contribution in [3.63, 3.8) is 0 Å². The van der Waals surface area contributed by atoms with Crippen molar-refractivity contribution in [3.05, 3.63) is 35.9 Å². The lowest BCUT2D eigenvalue weighted by Gasteiger charge is -2.61. The van der Waals surface area contributed by atoms with Crippen LogP contribution in [0, 0.1) is 52.3 Å². The predicted octanol–water partition coefficient (Wildman–Crippen LogP) is 9.60. The first-order chi connectivity index (χ1) is 23.3. The zero-order chi connectivity index (χ0) is 33.8. The van der Waals surface area contributed by atoms with Crippen molar-refractivity contribution in [2.75, 3.05) is 39.3 Å². The lowest BCUT2D eigenvalue weighted by atomic mass is 9.44. The fraction of sp³-hybridized carbons (Fsp3) is 0.864. The maximum atomic E-state index is 4.02. The standard InChI is InChI=1S/C44H78N4/c1-34(2)14-11-15-35(3)40-20-21-41-39-19-18-37-32-38(22-24-43(37,4)42(39)23-25-44(40,41)5)48-31-13-29-46-27-10-9-26-45-28-12-30-47-33-36-16-7-6-8-17-36/h6-8,16-17,34-35,37-42,45-48H,9-15,18-33H2,1-5H3/t35-,37+,38+,39?,40-,41?,42?,43+,44-/m1/s1. The number of unbranched alkanes of at least 4 members (excludes halogenated alkanes) is 1. The zero-order valence-corrected chi connectivity index (χ0v) is 32.3. The third-order valence-electron chi connectivity index (χ3n) is 14.7. The molecule has 0 amide bonds. The molecule has 5 rings (SSSR count). The molecule has 0 bridgehead atoms. The van der Waals surface area contributed by atoms with Crippen LogP contribution in [0.3, 0.4) is 0 Å². The number of hydrogen-bond donors (Lipinski definition) is 4. The minimum absolute atomic E-state index is 0.610. The highest BCUT2D eigenvalue weighted by atomic mass is 14.9. The van der Waals surface area contributed by atoms with Crippen molar-refractivity contribution in [1.29, 1.82) is 0 Å². The van der Waals surface area contributed by atoms with Crippen LogP contribution >= 0.6 is 0 Å². The zero-order valence-electron chi connectivity index (χ0n) is 32.3. The van der Waals surface area contributed by atoms with E-state index in [1.807, 2.05) is 0 Å². The first-order valence-electron chi connectivity index (χ1n) is 21.2. The molecule has 0 radical (unpaired) electrons. The smallest absolute Gasteiger partial charge is 0.0205 e. The highest BCUT2D eigenvalue weighted by molar-refractivity contribution is 5.14. The first-order valence-corrected chi connectivity index (χ1v) is 21.2. The van der Waals surface area contributed by atoms with Gasteiger partial charge in [0.1, 0.15) is 0 Å². The number of fused-ring (bicyclic) bond motifs is 5. The second kappa shape index (κ2) is 19.1. The monoisotopic (exact) mass is 663 g/mol. The van der Waals surface area contributed by atoms with Crippen molar-refractivity contribution in [2.45, 2.75) is 150 Å². The van der Waals surface area contributed by atoms with E-state index in [1.54, 1.807) is 6.42 Å². The molecule has 0 saturated heterocycles. The quantitative estimate of drug-likeness (QED) is 0.0991. The molecule has 4 aliphatic rings. The Balaban J connectivity index is 0.898. The molecule has 3 unspecified atom stereocenters. The average molecular weight is 663 g/mol. The Labute approximate surface area is 297 Å². The lowest BCUT2D eigenvalue weighted by molar-refractivity contribution is -0.118. The molecule has 274 valence electrons. The molecule has 4 saturated carbocycles. The van der Waals surface area contributed by atoms with Gasteiger partial charge in [-0.1, -0.05) is 84.2 Å². The van der Waals surface area contributed by atoms with Crippen molar-refractivity contribution in [1.82, 2.24) is 21.3 Å². The predicted molar refractivity (Wildman–Crippen MR) is 207 cm³/mol.